The SMILES string of the molecule is CCN1C(=O)CC[C@@H](C(=O)NCC(C)C)[C@@H]1c1ccccc1C. The number of benzene rings is 1. The lowest BCUT2D eigenvalue weighted by atomic mass is 9.82. The third kappa shape index (κ3) is 3.92. The number of hydrogen-bond acceptors (Lipinski definition) is 2. The number of amides is 2. The van der Waals surface area contributed by atoms with E-state index in [2.05, 4.69) is 19.2 Å². The molecule has 4 heteroatoms. The lowest BCUT2D eigenvalue weighted by Gasteiger charge is -2.41. The summed E-state index contributed by atoms with van der Waals surface area (Å²) in [5.74, 6) is 0.461. The van der Waals surface area contributed by atoms with Crippen LogP contribution in [0.4, 0.5) is 0 Å². The van der Waals surface area contributed by atoms with E-state index in [0.717, 1.165) is 11.1 Å². The van der Waals surface area contributed by atoms with Gasteiger partial charge in [0.15, 0.2) is 0 Å². The minimum absolute atomic E-state index is 0.0675. The first-order valence-corrected chi connectivity index (χ1v) is 8.58. The summed E-state index contributed by atoms with van der Waals surface area (Å²) >= 11 is 0. The van der Waals surface area contributed by atoms with E-state index in [0.29, 0.717) is 31.8 Å². The zero-order chi connectivity index (χ0) is 17.0. The fourth-order valence-corrected chi connectivity index (χ4v) is 3.34. The molecule has 0 unspecified atom stereocenters. The molecule has 2 atom stereocenters. The van der Waals surface area contributed by atoms with Crippen LogP contribution in [-0.2, 0) is 9.59 Å². The highest BCUT2D eigenvalue weighted by Gasteiger charge is 2.40. The Kier molecular flexibility index (Phi) is 5.80. The molecule has 0 radical (unpaired) electrons. The topological polar surface area (TPSA) is 49.4 Å². The van der Waals surface area contributed by atoms with Crippen molar-refractivity contribution in [2.24, 2.45) is 11.8 Å². The molecule has 0 saturated carbocycles. The van der Waals surface area contributed by atoms with Gasteiger partial charge in [-0.3, -0.25) is 9.59 Å². The summed E-state index contributed by atoms with van der Waals surface area (Å²) in [5.41, 5.74) is 2.22. The normalized spacial score (nSPS) is 21.6. The van der Waals surface area contributed by atoms with Crippen molar-refractivity contribution < 1.29 is 9.59 Å². The van der Waals surface area contributed by atoms with Crippen molar-refractivity contribution in [3.05, 3.63) is 35.4 Å². The molecule has 1 aromatic rings. The molecule has 126 valence electrons. The Labute approximate surface area is 139 Å². The van der Waals surface area contributed by atoms with Gasteiger partial charge < -0.3 is 10.2 Å². The lowest BCUT2D eigenvalue weighted by molar-refractivity contribution is -0.143. The molecule has 0 bridgehead atoms. The summed E-state index contributed by atoms with van der Waals surface area (Å²) < 4.78 is 0. The minimum Gasteiger partial charge on any atom is -0.356 e. The van der Waals surface area contributed by atoms with Gasteiger partial charge in [0.2, 0.25) is 11.8 Å². The van der Waals surface area contributed by atoms with Crippen LogP contribution in [0.5, 0.6) is 0 Å². The van der Waals surface area contributed by atoms with E-state index in [4.69, 9.17) is 0 Å². The van der Waals surface area contributed by atoms with Crippen LogP contribution in [0.1, 0.15) is 50.8 Å². The third-order valence-electron chi connectivity index (χ3n) is 4.58. The molecular weight excluding hydrogens is 288 g/mol. The van der Waals surface area contributed by atoms with E-state index in [1.807, 2.05) is 43.0 Å². The summed E-state index contributed by atoms with van der Waals surface area (Å²) in [4.78, 5) is 26.9. The monoisotopic (exact) mass is 316 g/mol. The molecule has 1 fully saturated rings. The largest absolute Gasteiger partial charge is 0.356 e. The highest BCUT2D eigenvalue weighted by atomic mass is 16.2. The van der Waals surface area contributed by atoms with Gasteiger partial charge >= 0.3 is 0 Å². The molecular formula is C19H28N2O2. The molecule has 2 amide bonds. The fourth-order valence-electron chi connectivity index (χ4n) is 3.34. The Morgan fingerprint density at radius 3 is 2.65 bits per heavy atom. The maximum Gasteiger partial charge on any atom is 0.225 e. The van der Waals surface area contributed by atoms with Crippen LogP contribution >= 0.6 is 0 Å². The second kappa shape index (κ2) is 7.62. The van der Waals surface area contributed by atoms with Crippen LogP contribution in [0.15, 0.2) is 24.3 Å². The van der Waals surface area contributed by atoms with Crippen LogP contribution in [0.25, 0.3) is 0 Å². The number of aryl methyl sites for hydroxylation is 1. The molecule has 1 aliphatic rings. The van der Waals surface area contributed by atoms with Gasteiger partial charge in [0.1, 0.15) is 0 Å². The maximum atomic E-state index is 12.7. The minimum atomic E-state index is -0.174. The standard InChI is InChI=1S/C19H28N2O2/c1-5-21-17(22)11-10-16(19(23)20-12-13(2)3)18(21)15-9-7-6-8-14(15)4/h6-9,13,16,18H,5,10-12H2,1-4H3,(H,20,23)/t16-,18+/m1/s1. The van der Waals surface area contributed by atoms with Gasteiger partial charge in [-0.05, 0) is 37.3 Å². The zero-order valence-corrected chi connectivity index (χ0v) is 14.6. The van der Waals surface area contributed by atoms with E-state index in [1.54, 1.807) is 0 Å². The molecule has 1 saturated heterocycles. The van der Waals surface area contributed by atoms with Crippen LogP contribution in [-0.4, -0.2) is 29.8 Å². The van der Waals surface area contributed by atoms with E-state index in [1.165, 1.54) is 0 Å². The van der Waals surface area contributed by atoms with E-state index < -0.39 is 0 Å². The van der Waals surface area contributed by atoms with Crippen molar-refractivity contribution in [3.63, 3.8) is 0 Å². The van der Waals surface area contributed by atoms with Crippen molar-refractivity contribution >= 4 is 11.8 Å². The van der Waals surface area contributed by atoms with Crippen molar-refractivity contribution in [3.8, 4) is 0 Å². The van der Waals surface area contributed by atoms with Gasteiger partial charge in [0, 0.05) is 19.5 Å². The first kappa shape index (κ1) is 17.5. The van der Waals surface area contributed by atoms with Gasteiger partial charge in [0.05, 0.1) is 12.0 Å². The number of nitrogens with zero attached hydrogens (tertiary/aromatic N) is 1. The summed E-state index contributed by atoms with van der Waals surface area (Å²) in [5, 5.41) is 3.05. The van der Waals surface area contributed by atoms with Crippen LogP contribution in [0.3, 0.4) is 0 Å². The number of hydrogen-bond donors (Lipinski definition) is 1. The number of rotatable bonds is 5. The first-order chi connectivity index (χ1) is 11.0. The van der Waals surface area contributed by atoms with Crippen molar-refractivity contribution in [2.75, 3.05) is 13.1 Å². The smallest absolute Gasteiger partial charge is 0.225 e. The van der Waals surface area contributed by atoms with E-state index in [9.17, 15) is 9.59 Å². The zero-order valence-electron chi connectivity index (χ0n) is 14.6. The van der Waals surface area contributed by atoms with Crippen molar-refractivity contribution in [1.29, 1.82) is 0 Å². The van der Waals surface area contributed by atoms with Crippen LogP contribution in [0, 0.1) is 18.8 Å². The molecule has 1 N–H and O–H groups in total. The maximum absolute atomic E-state index is 12.7. The van der Waals surface area contributed by atoms with Gasteiger partial charge in [-0.2, -0.15) is 0 Å². The van der Waals surface area contributed by atoms with E-state index >= 15 is 0 Å². The first-order valence-electron chi connectivity index (χ1n) is 8.58. The van der Waals surface area contributed by atoms with Crippen molar-refractivity contribution in [2.45, 2.75) is 46.6 Å². The molecule has 2 rings (SSSR count). The highest BCUT2D eigenvalue weighted by Crippen LogP contribution is 2.38. The van der Waals surface area contributed by atoms with Gasteiger partial charge in [-0.15, -0.1) is 0 Å². The Hall–Kier alpha value is -1.84. The fraction of sp³-hybridized carbons (Fsp3) is 0.579. The second-order valence-electron chi connectivity index (χ2n) is 6.77. The highest BCUT2D eigenvalue weighted by molar-refractivity contribution is 5.85. The molecule has 0 aromatic heterocycles. The van der Waals surface area contributed by atoms with Crippen LogP contribution < -0.4 is 5.32 Å². The van der Waals surface area contributed by atoms with Gasteiger partial charge in [0.25, 0.3) is 0 Å². The molecule has 0 spiro atoms. The van der Waals surface area contributed by atoms with Gasteiger partial charge in [-0.1, -0.05) is 38.1 Å². The number of likely N-dealkylation sites (tertiary alicyclic amines) is 1. The summed E-state index contributed by atoms with van der Waals surface area (Å²) in [6.45, 7) is 9.51. The number of piperidine rings is 1. The third-order valence-corrected chi connectivity index (χ3v) is 4.58. The average molecular weight is 316 g/mol. The Morgan fingerprint density at radius 1 is 1.35 bits per heavy atom. The van der Waals surface area contributed by atoms with Gasteiger partial charge in [-0.25, -0.2) is 0 Å². The predicted octanol–water partition coefficient (Wildman–Crippen LogP) is 3.07. The average Bonchev–Trinajstić information content (AvgIpc) is 2.52. The van der Waals surface area contributed by atoms with Crippen molar-refractivity contribution in [1.82, 2.24) is 10.2 Å². The summed E-state index contributed by atoms with van der Waals surface area (Å²) in [6, 6.07) is 7.91. The Morgan fingerprint density at radius 2 is 2.04 bits per heavy atom. The number of carbonyl (C=O) groups excluding carboxylic acids is 2. The van der Waals surface area contributed by atoms with Crippen LogP contribution in [0.2, 0.25) is 0 Å². The second-order valence-corrected chi connectivity index (χ2v) is 6.77. The molecule has 23 heavy (non-hydrogen) atoms. The van der Waals surface area contributed by atoms with E-state index in [-0.39, 0.29) is 23.8 Å². The number of carbonyl (C=O) groups is 2. The lowest BCUT2D eigenvalue weighted by Crippen LogP contribution is -2.48. The summed E-state index contributed by atoms with van der Waals surface area (Å²) in [6.07, 6.45) is 1.08. The quantitative estimate of drug-likeness (QED) is 0.907. The molecule has 1 aromatic carbocycles. The number of nitrogens with one attached hydrogen (secondary N) is 1. The molecule has 1 heterocycles. The Balaban J connectivity index is 2.33. The predicted molar refractivity (Wildman–Crippen MR) is 91.9 cm³/mol. The molecule has 4 nitrogen and oxygen atoms in total. The Bertz CT molecular complexity index is 568. The molecule has 1 aliphatic heterocycles. The molecule has 0 aliphatic carbocycles. The summed E-state index contributed by atoms with van der Waals surface area (Å²) in [7, 11) is 0.